The molecule has 0 spiro atoms. The Morgan fingerprint density at radius 2 is 1.76 bits per heavy atom. The Kier molecular flexibility index (Phi) is 8.69. The average Bonchev–Trinajstić information content (AvgIpc) is 3.58. The molecule has 0 atom stereocenters. The Bertz CT molecular complexity index is 1980. The lowest BCUT2D eigenvalue weighted by Gasteiger charge is -2.21. The highest BCUT2D eigenvalue weighted by Crippen LogP contribution is 2.37. The summed E-state index contributed by atoms with van der Waals surface area (Å²) in [5, 5.41) is 12.6. The van der Waals surface area contributed by atoms with Crippen LogP contribution in [0.15, 0.2) is 52.9 Å². The van der Waals surface area contributed by atoms with Gasteiger partial charge in [-0.1, -0.05) is 35.9 Å². The zero-order valence-electron chi connectivity index (χ0n) is 26.6. The summed E-state index contributed by atoms with van der Waals surface area (Å²) in [5.41, 5.74) is 9.58. The normalized spacial score (nSPS) is 13.4. The number of rotatable bonds is 9. The second kappa shape index (κ2) is 12.7. The van der Waals surface area contributed by atoms with Gasteiger partial charge >= 0.3 is 5.97 Å². The van der Waals surface area contributed by atoms with Gasteiger partial charge in [0, 0.05) is 56.6 Å². The van der Waals surface area contributed by atoms with Crippen molar-refractivity contribution in [2.45, 2.75) is 39.8 Å². The molecule has 0 saturated heterocycles. The third kappa shape index (κ3) is 6.16. The fourth-order valence-corrected chi connectivity index (χ4v) is 6.47. The van der Waals surface area contributed by atoms with Crippen LogP contribution in [-0.2, 0) is 31.4 Å². The molecule has 6 rings (SSSR count). The van der Waals surface area contributed by atoms with E-state index in [4.69, 9.17) is 26.1 Å². The molecule has 1 amide bonds. The molecule has 5 aromatic rings. The molecule has 0 radical (unpaired) electrons. The van der Waals surface area contributed by atoms with E-state index < -0.39 is 5.97 Å². The third-order valence-corrected chi connectivity index (χ3v) is 9.03. The van der Waals surface area contributed by atoms with Crippen molar-refractivity contribution in [3.05, 3.63) is 87.5 Å². The van der Waals surface area contributed by atoms with Gasteiger partial charge in [-0.25, -0.2) is 9.97 Å². The number of halogens is 1. The molecule has 238 valence electrons. The van der Waals surface area contributed by atoms with Crippen molar-refractivity contribution in [1.82, 2.24) is 24.3 Å². The number of oxazole rings is 1. The number of imidazole rings is 1. The zero-order valence-corrected chi connectivity index (χ0v) is 27.4. The van der Waals surface area contributed by atoms with Gasteiger partial charge in [0.2, 0.25) is 5.89 Å². The van der Waals surface area contributed by atoms with Crippen LogP contribution in [-0.4, -0.2) is 68.5 Å². The number of nitrogens with one attached hydrogen (secondary N) is 1. The summed E-state index contributed by atoms with van der Waals surface area (Å²) in [6, 6.07) is 15.6. The second-order valence-electron chi connectivity index (χ2n) is 12.1. The number of hydrogen-bond donors (Lipinski definition) is 2. The molecule has 0 saturated carbocycles. The lowest BCUT2D eigenvalue weighted by molar-refractivity contribution is -0.137. The van der Waals surface area contributed by atoms with Gasteiger partial charge in [-0.05, 0) is 80.0 Å². The Hall–Kier alpha value is -4.51. The number of nitrogens with zero attached hydrogens (tertiary/aromatic N) is 5. The number of fused-ring (bicyclic) bond motifs is 2. The summed E-state index contributed by atoms with van der Waals surface area (Å²) in [7, 11) is 5.84. The van der Waals surface area contributed by atoms with Crippen molar-refractivity contribution in [2.24, 2.45) is 7.05 Å². The van der Waals surface area contributed by atoms with Crippen LogP contribution < -0.4 is 5.32 Å². The number of benzene rings is 3. The average molecular weight is 641 g/mol. The number of hydrogen-bond acceptors (Lipinski definition) is 7. The predicted octanol–water partition coefficient (Wildman–Crippen LogP) is 6.31. The first-order valence-corrected chi connectivity index (χ1v) is 15.6. The second-order valence-corrected chi connectivity index (χ2v) is 12.5. The first kappa shape index (κ1) is 31.5. The lowest BCUT2D eigenvalue weighted by atomic mass is 9.93. The molecule has 2 N–H and O–H groups in total. The van der Waals surface area contributed by atoms with Crippen molar-refractivity contribution in [2.75, 3.05) is 32.5 Å². The van der Waals surface area contributed by atoms with E-state index in [2.05, 4.69) is 28.3 Å². The molecule has 10 nitrogen and oxygen atoms in total. The van der Waals surface area contributed by atoms with Crippen LogP contribution in [0.4, 0.5) is 5.69 Å². The number of amides is 1. The number of anilines is 1. The van der Waals surface area contributed by atoms with Crippen LogP contribution in [0.2, 0.25) is 5.02 Å². The van der Waals surface area contributed by atoms with Crippen LogP contribution in [0.3, 0.4) is 0 Å². The SMILES string of the molecule is Cc1c(NC(=O)c2nc3c(n2C)CCN(C)C3)cccc1-c1cccc(-c2nc3cc(CN(C)CCC(=O)O)cc(Cl)c3o2)c1C. The zero-order chi connectivity index (χ0) is 32.7. The molecular formula is C35H37ClN6O4. The maximum atomic E-state index is 13.4. The van der Waals surface area contributed by atoms with Crippen molar-refractivity contribution in [3.8, 4) is 22.6 Å². The Balaban J connectivity index is 1.28. The predicted molar refractivity (Wildman–Crippen MR) is 179 cm³/mol. The van der Waals surface area contributed by atoms with Gasteiger partial charge in [-0.2, -0.15) is 0 Å². The maximum absolute atomic E-state index is 13.4. The van der Waals surface area contributed by atoms with Crippen LogP contribution in [0.1, 0.15) is 45.1 Å². The van der Waals surface area contributed by atoms with Crippen molar-refractivity contribution >= 4 is 40.3 Å². The minimum atomic E-state index is -0.832. The Morgan fingerprint density at radius 1 is 1.04 bits per heavy atom. The van der Waals surface area contributed by atoms with E-state index in [0.29, 0.717) is 40.9 Å². The fraction of sp³-hybridized carbons (Fsp3) is 0.314. The molecule has 1 aliphatic rings. The standard InChI is InChI=1S/C35H37ClN6O4/c1-20-23(24-9-7-11-27(21(24)2)38-34(45)33-37-29-19-41(4)14-12-30(29)42(33)5)8-6-10-25(20)35-39-28-17-22(16-26(36)32(28)46-35)18-40(3)15-13-31(43)44/h6-11,16-17H,12-15,18-19H2,1-5H3,(H,38,45)(H,43,44). The highest BCUT2D eigenvalue weighted by atomic mass is 35.5. The van der Waals surface area contributed by atoms with E-state index in [1.807, 2.05) is 79.9 Å². The van der Waals surface area contributed by atoms with E-state index in [1.165, 1.54) is 0 Å². The Morgan fingerprint density at radius 3 is 2.52 bits per heavy atom. The highest BCUT2D eigenvalue weighted by molar-refractivity contribution is 6.34. The summed E-state index contributed by atoms with van der Waals surface area (Å²) in [6.07, 6.45) is 0.931. The molecule has 11 heteroatoms. The molecule has 0 aliphatic carbocycles. The van der Waals surface area contributed by atoms with Gasteiger partial charge in [0.15, 0.2) is 11.4 Å². The quantitative estimate of drug-likeness (QED) is 0.192. The number of aliphatic carboxylic acids is 1. The van der Waals surface area contributed by atoms with Gasteiger partial charge in [0.05, 0.1) is 17.1 Å². The number of aromatic nitrogens is 3. The number of carboxylic acid groups (broad SMARTS) is 1. The summed E-state index contributed by atoms with van der Waals surface area (Å²) in [4.78, 5) is 38.0. The molecule has 0 bridgehead atoms. The van der Waals surface area contributed by atoms with Crippen LogP contribution in [0.5, 0.6) is 0 Å². The Labute approximate surface area is 272 Å². The molecule has 0 unspecified atom stereocenters. The summed E-state index contributed by atoms with van der Waals surface area (Å²) in [6.45, 7) is 6.67. The molecule has 3 heterocycles. The largest absolute Gasteiger partial charge is 0.481 e. The minimum absolute atomic E-state index is 0.0642. The van der Waals surface area contributed by atoms with E-state index in [1.54, 1.807) is 0 Å². The van der Waals surface area contributed by atoms with Gasteiger partial charge in [-0.3, -0.25) is 9.59 Å². The third-order valence-electron chi connectivity index (χ3n) is 8.75. The molecular weight excluding hydrogens is 604 g/mol. The lowest BCUT2D eigenvalue weighted by Crippen LogP contribution is -2.27. The maximum Gasteiger partial charge on any atom is 0.304 e. The number of likely N-dealkylation sites (N-methyl/N-ethyl adjacent to an activating group) is 1. The topological polar surface area (TPSA) is 117 Å². The van der Waals surface area contributed by atoms with Crippen molar-refractivity contribution < 1.29 is 19.1 Å². The highest BCUT2D eigenvalue weighted by Gasteiger charge is 2.25. The smallest absolute Gasteiger partial charge is 0.304 e. The van der Waals surface area contributed by atoms with E-state index >= 15 is 0 Å². The van der Waals surface area contributed by atoms with Crippen LogP contribution in [0, 0.1) is 13.8 Å². The molecule has 2 aromatic heterocycles. The molecule has 3 aromatic carbocycles. The van der Waals surface area contributed by atoms with Crippen molar-refractivity contribution in [1.29, 1.82) is 0 Å². The summed E-state index contributed by atoms with van der Waals surface area (Å²) in [5.74, 6) is -0.199. The van der Waals surface area contributed by atoms with E-state index in [0.717, 1.165) is 70.0 Å². The molecule has 46 heavy (non-hydrogen) atoms. The number of carbonyl (C=O) groups is 2. The van der Waals surface area contributed by atoms with Gasteiger partial charge in [-0.15, -0.1) is 0 Å². The van der Waals surface area contributed by atoms with E-state index in [-0.39, 0.29) is 12.3 Å². The fourth-order valence-electron chi connectivity index (χ4n) is 6.19. The minimum Gasteiger partial charge on any atom is -0.481 e. The van der Waals surface area contributed by atoms with Gasteiger partial charge in [0.25, 0.3) is 5.91 Å². The van der Waals surface area contributed by atoms with Gasteiger partial charge < -0.3 is 29.2 Å². The monoisotopic (exact) mass is 640 g/mol. The van der Waals surface area contributed by atoms with Crippen LogP contribution >= 0.6 is 11.6 Å². The first-order valence-electron chi connectivity index (χ1n) is 15.2. The van der Waals surface area contributed by atoms with E-state index in [9.17, 15) is 9.59 Å². The van der Waals surface area contributed by atoms with Crippen LogP contribution in [0.25, 0.3) is 33.7 Å². The molecule has 1 aliphatic heterocycles. The molecule has 0 fully saturated rings. The van der Waals surface area contributed by atoms with Crippen molar-refractivity contribution in [3.63, 3.8) is 0 Å². The number of carboxylic acids is 1. The first-order chi connectivity index (χ1) is 22.0. The number of carbonyl (C=O) groups excluding carboxylic acids is 1. The summed E-state index contributed by atoms with van der Waals surface area (Å²) >= 11 is 6.62. The van der Waals surface area contributed by atoms with Gasteiger partial charge in [0.1, 0.15) is 5.52 Å². The summed E-state index contributed by atoms with van der Waals surface area (Å²) < 4.78 is 8.11.